The molecule has 0 bridgehead atoms. The highest BCUT2D eigenvalue weighted by atomic mass is 35.5. The van der Waals surface area contributed by atoms with Crippen LogP contribution in [0.5, 0.6) is 0 Å². The van der Waals surface area contributed by atoms with Crippen LogP contribution in [-0.4, -0.2) is 9.97 Å². The summed E-state index contributed by atoms with van der Waals surface area (Å²) in [6.07, 6.45) is 1.59. The van der Waals surface area contributed by atoms with Crippen molar-refractivity contribution in [1.82, 2.24) is 9.97 Å². The summed E-state index contributed by atoms with van der Waals surface area (Å²) in [4.78, 5) is 19.1. The predicted molar refractivity (Wildman–Crippen MR) is 92.3 cm³/mol. The van der Waals surface area contributed by atoms with Crippen molar-refractivity contribution in [2.45, 2.75) is 0 Å². The molecule has 23 heavy (non-hydrogen) atoms. The highest BCUT2D eigenvalue weighted by Gasteiger charge is 2.09. The molecule has 0 radical (unpaired) electrons. The van der Waals surface area contributed by atoms with Gasteiger partial charge in [-0.25, -0.2) is 4.98 Å². The number of aromatic nitrogens is 2. The molecule has 0 aliphatic heterocycles. The van der Waals surface area contributed by atoms with Gasteiger partial charge in [0.05, 0.1) is 16.5 Å². The first kappa shape index (κ1) is 15.3. The summed E-state index contributed by atoms with van der Waals surface area (Å²) in [6, 6.07) is 14.0. The first-order valence-electron chi connectivity index (χ1n) is 6.65. The van der Waals surface area contributed by atoms with E-state index in [1.165, 1.54) is 6.07 Å². The topological polar surface area (TPSA) is 69.5 Å². The number of nitrogens with zero attached hydrogens (tertiary/aromatic N) is 2. The lowest BCUT2D eigenvalue weighted by Crippen LogP contribution is -2.11. The van der Waals surface area contributed by atoms with Crippen LogP contribution in [0, 0.1) is 11.3 Å². The molecule has 0 spiro atoms. The Bertz CT molecular complexity index is 1030. The molecule has 1 N–H and O–H groups in total. The van der Waals surface area contributed by atoms with Gasteiger partial charge >= 0.3 is 0 Å². The number of nitriles is 1. The summed E-state index contributed by atoms with van der Waals surface area (Å²) in [5.41, 5.74) is 0.998. The Morgan fingerprint density at radius 2 is 2.00 bits per heavy atom. The summed E-state index contributed by atoms with van der Waals surface area (Å²) < 4.78 is 0. The van der Waals surface area contributed by atoms with Crippen molar-refractivity contribution in [1.29, 1.82) is 5.26 Å². The standard InChI is InChI=1S/C17H9Cl2N3O/c18-12-5-6-15-13(8-12)17(23)22-16(21-15)11(9-20)7-10-3-1-2-4-14(10)19/h1-8H,(H,21,22,23)/b11-7+. The van der Waals surface area contributed by atoms with Crippen molar-refractivity contribution >= 4 is 45.8 Å². The van der Waals surface area contributed by atoms with Gasteiger partial charge in [-0.2, -0.15) is 5.26 Å². The number of hydrogen-bond acceptors (Lipinski definition) is 3. The highest BCUT2D eigenvalue weighted by Crippen LogP contribution is 2.22. The van der Waals surface area contributed by atoms with E-state index in [-0.39, 0.29) is 17.0 Å². The quantitative estimate of drug-likeness (QED) is 0.706. The summed E-state index contributed by atoms with van der Waals surface area (Å²) >= 11 is 12.0. The number of H-pyrrole nitrogens is 1. The van der Waals surface area contributed by atoms with E-state index in [1.54, 1.807) is 36.4 Å². The second kappa shape index (κ2) is 6.25. The number of halogens is 2. The normalized spacial score (nSPS) is 11.4. The molecule has 0 unspecified atom stereocenters. The highest BCUT2D eigenvalue weighted by molar-refractivity contribution is 6.32. The lowest BCUT2D eigenvalue weighted by Gasteiger charge is -2.03. The van der Waals surface area contributed by atoms with Crippen molar-refractivity contribution in [2.75, 3.05) is 0 Å². The molecular weight excluding hydrogens is 333 g/mol. The molecule has 0 saturated heterocycles. The van der Waals surface area contributed by atoms with Gasteiger partial charge in [-0.05, 0) is 35.9 Å². The summed E-state index contributed by atoms with van der Waals surface area (Å²) in [5.74, 6) is 0.187. The molecular formula is C17H9Cl2N3O. The van der Waals surface area contributed by atoms with Crippen molar-refractivity contribution < 1.29 is 0 Å². The Balaban J connectivity index is 2.18. The van der Waals surface area contributed by atoms with E-state index in [1.807, 2.05) is 12.1 Å². The third kappa shape index (κ3) is 3.11. The molecule has 2 aromatic carbocycles. The third-order valence-corrected chi connectivity index (χ3v) is 3.83. The van der Waals surface area contributed by atoms with E-state index in [9.17, 15) is 10.1 Å². The first-order chi connectivity index (χ1) is 11.1. The maximum Gasteiger partial charge on any atom is 0.259 e. The van der Waals surface area contributed by atoms with Crippen molar-refractivity contribution in [2.24, 2.45) is 0 Å². The molecule has 0 aliphatic carbocycles. The molecule has 1 aromatic heterocycles. The molecule has 4 nitrogen and oxygen atoms in total. The van der Waals surface area contributed by atoms with E-state index < -0.39 is 0 Å². The van der Waals surface area contributed by atoms with E-state index in [0.717, 1.165) is 0 Å². The second-order valence-corrected chi connectivity index (χ2v) is 5.61. The zero-order valence-corrected chi connectivity index (χ0v) is 13.2. The van der Waals surface area contributed by atoms with Gasteiger partial charge < -0.3 is 4.98 Å². The number of rotatable bonds is 2. The zero-order valence-electron chi connectivity index (χ0n) is 11.7. The van der Waals surface area contributed by atoms with Crippen molar-refractivity contribution in [3.05, 3.63) is 74.3 Å². The van der Waals surface area contributed by atoms with Crippen LogP contribution in [0.1, 0.15) is 11.4 Å². The average molecular weight is 342 g/mol. The van der Waals surface area contributed by atoms with Gasteiger partial charge in [0.1, 0.15) is 6.07 Å². The molecule has 0 amide bonds. The smallest absolute Gasteiger partial charge is 0.259 e. The maximum absolute atomic E-state index is 12.2. The van der Waals surface area contributed by atoms with Gasteiger partial charge in [0, 0.05) is 10.0 Å². The lowest BCUT2D eigenvalue weighted by atomic mass is 10.1. The molecule has 112 valence electrons. The average Bonchev–Trinajstić information content (AvgIpc) is 2.54. The minimum Gasteiger partial charge on any atom is -0.305 e. The van der Waals surface area contributed by atoms with Crippen LogP contribution in [0.15, 0.2) is 47.3 Å². The lowest BCUT2D eigenvalue weighted by molar-refractivity contribution is 1.13. The summed E-state index contributed by atoms with van der Waals surface area (Å²) in [7, 11) is 0. The van der Waals surface area contributed by atoms with E-state index in [2.05, 4.69) is 9.97 Å². The molecule has 1 heterocycles. The molecule has 3 rings (SSSR count). The molecule has 0 atom stereocenters. The van der Waals surface area contributed by atoms with E-state index in [0.29, 0.717) is 26.5 Å². The van der Waals surface area contributed by atoms with Crippen molar-refractivity contribution in [3.63, 3.8) is 0 Å². The summed E-state index contributed by atoms with van der Waals surface area (Å²) in [6.45, 7) is 0. The molecule has 0 saturated carbocycles. The van der Waals surface area contributed by atoms with Gasteiger partial charge in [-0.1, -0.05) is 41.4 Å². The summed E-state index contributed by atoms with van der Waals surface area (Å²) in [5, 5.41) is 10.7. The van der Waals surface area contributed by atoms with Gasteiger partial charge in [0.15, 0.2) is 5.82 Å². The fourth-order valence-corrected chi connectivity index (χ4v) is 2.50. The van der Waals surface area contributed by atoms with Crippen LogP contribution in [-0.2, 0) is 0 Å². The zero-order chi connectivity index (χ0) is 16.4. The molecule has 6 heteroatoms. The second-order valence-electron chi connectivity index (χ2n) is 4.77. The Hall–Kier alpha value is -2.61. The Labute approximate surface area is 141 Å². The molecule has 0 aliphatic rings. The fourth-order valence-electron chi connectivity index (χ4n) is 2.14. The minimum atomic E-state index is -0.354. The number of benzene rings is 2. The van der Waals surface area contributed by atoms with Gasteiger partial charge in [0.25, 0.3) is 5.56 Å². The van der Waals surface area contributed by atoms with Gasteiger partial charge in [0.2, 0.25) is 0 Å². The Morgan fingerprint density at radius 1 is 1.22 bits per heavy atom. The number of allylic oxidation sites excluding steroid dienone is 1. The minimum absolute atomic E-state index is 0.187. The van der Waals surface area contributed by atoms with Crippen LogP contribution in [0.25, 0.3) is 22.6 Å². The Morgan fingerprint density at radius 3 is 2.74 bits per heavy atom. The SMILES string of the molecule is N#C/C(=C\c1ccccc1Cl)c1nc2ccc(Cl)cc2c(=O)[nH]1. The fraction of sp³-hybridized carbons (Fsp3) is 0. The predicted octanol–water partition coefficient (Wildman–Crippen LogP) is 4.29. The van der Waals surface area contributed by atoms with Crippen molar-refractivity contribution in [3.8, 4) is 6.07 Å². The number of fused-ring (bicyclic) bond motifs is 1. The molecule has 3 aromatic rings. The maximum atomic E-state index is 12.2. The van der Waals surface area contributed by atoms with E-state index in [4.69, 9.17) is 23.2 Å². The third-order valence-electron chi connectivity index (χ3n) is 3.25. The van der Waals surface area contributed by atoms with Crippen LogP contribution < -0.4 is 5.56 Å². The monoisotopic (exact) mass is 341 g/mol. The Kier molecular flexibility index (Phi) is 4.16. The van der Waals surface area contributed by atoms with Crippen LogP contribution in [0.2, 0.25) is 10.0 Å². The van der Waals surface area contributed by atoms with E-state index >= 15 is 0 Å². The van der Waals surface area contributed by atoms with Crippen LogP contribution in [0.4, 0.5) is 0 Å². The van der Waals surface area contributed by atoms with Crippen LogP contribution in [0.3, 0.4) is 0 Å². The number of hydrogen-bond donors (Lipinski definition) is 1. The number of aromatic amines is 1. The number of nitrogens with one attached hydrogen (secondary N) is 1. The molecule has 0 fully saturated rings. The van der Waals surface area contributed by atoms with Crippen LogP contribution >= 0.6 is 23.2 Å². The first-order valence-corrected chi connectivity index (χ1v) is 7.40. The van der Waals surface area contributed by atoms with Gasteiger partial charge in [-0.3, -0.25) is 4.79 Å². The largest absolute Gasteiger partial charge is 0.305 e. The van der Waals surface area contributed by atoms with Gasteiger partial charge in [-0.15, -0.1) is 0 Å².